The first-order valence-corrected chi connectivity index (χ1v) is 8.22. The number of hydrogen-bond donors (Lipinski definition) is 1. The van der Waals surface area contributed by atoms with Crippen molar-refractivity contribution in [2.45, 2.75) is 31.2 Å². The monoisotopic (exact) mass is 302 g/mol. The van der Waals surface area contributed by atoms with Gasteiger partial charge in [-0.2, -0.15) is 4.31 Å². The van der Waals surface area contributed by atoms with E-state index in [1.807, 2.05) is 20.0 Å². The Bertz CT molecular complexity index is 566. The maximum atomic E-state index is 12.6. The molecule has 0 unspecified atom stereocenters. The molecule has 1 fully saturated rings. The van der Waals surface area contributed by atoms with Crippen LogP contribution in [0.5, 0.6) is 0 Å². The van der Waals surface area contributed by atoms with Crippen LogP contribution in [0.2, 0.25) is 5.02 Å². The van der Waals surface area contributed by atoms with Crippen LogP contribution in [0.4, 0.5) is 0 Å². The average Bonchev–Trinajstić information content (AvgIpc) is 2.88. The quantitative estimate of drug-likeness (QED) is 0.927. The Morgan fingerprint density at radius 3 is 2.53 bits per heavy atom. The summed E-state index contributed by atoms with van der Waals surface area (Å²) in [5, 5.41) is 3.50. The molecule has 1 N–H and O–H groups in total. The molecule has 0 atom stereocenters. The van der Waals surface area contributed by atoms with Crippen molar-refractivity contribution in [3.8, 4) is 0 Å². The minimum atomic E-state index is -3.41. The van der Waals surface area contributed by atoms with Crippen LogP contribution >= 0.6 is 11.6 Å². The number of rotatable bonds is 4. The van der Waals surface area contributed by atoms with Crippen LogP contribution in [-0.2, 0) is 16.6 Å². The third kappa shape index (κ3) is 2.94. The van der Waals surface area contributed by atoms with Gasteiger partial charge in [0.05, 0.1) is 4.90 Å². The van der Waals surface area contributed by atoms with Gasteiger partial charge in [0, 0.05) is 24.7 Å². The molecule has 4 nitrogen and oxygen atoms in total. The number of nitrogens with one attached hydrogen (secondary N) is 1. The Hall–Kier alpha value is -0.620. The molecule has 1 saturated heterocycles. The molecule has 1 heterocycles. The normalized spacial score (nSPS) is 17.0. The fraction of sp³-hybridized carbons (Fsp3) is 0.538. The SMILES string of the molecule is CNCc1cc(Cl)cc(S(=O)(=O)N2CCCC2)c1C. The van der Waals surface area contributed by atoms with Gasteiger partial charge in [-0.05, 0) is 50.1 Å². The van der Waals surface area contributed by atoms with E-state index in [4.69, 9.17) is 11.6 Å². The molecule has 1 aromatic carbocycles. The van der Waals surface area contributed by atoms with E-state index in [0.717, 1.165) is 24.0 Å². The van der Waals surface area contributed by atoms with Crippen molar-refractivity contribution < 1.29 is 8.42 Å². The van der Waals surface area contributed by atoms with Crippen LogP contribution in [0.3, 0.4) is 0 Å². The molecule has 1 aliphatic heterocycles. The van der Waals surface area contributed by atoms with Gasteiger partial charge in [0.15, 0.2) is 0 Å². The van der Waals surface area contributed by atoms with E-state index in [-0.39, 0.29) is 0 Å². The molecule has 1 aliphatic rings. The van der Waals surface area contributed by atoms with Gasteiger partial charge in [0.2, 0.25) is 10.0 Å². The molecule has 0 spiro atoms. The van der Waals surface area contributed by atoms with Crippen molar-refractivity contribution in [2.75, 3.05) is 20.1 Å². The van der Waals surface area contributed by atoms with Crippen LogP contribution in [0, 0.1) is 6.92 Å². The molecule has 6 heteroatoms. The van der Waals surface area contributed by atoms with Gasteiger partial charge in [0.1, 0.15) is 0 Å². The van der Waals surface area contributed by atoms with Gasteiger partial charge in [-0.15, -0.1) is 0 Å². The van der Waals surface area contributed by atoms with Gasteiger partial charge in [-0.25, -0.2) is 8.42 Å². The Labute approximate surface area is 119 Å². The zero-order valence-corrected chi connectivity index (χ0v) is 12.8. The lowest BCUT2D eigenvalue weighted by molar-refractivity contribution is 0.477. The fourth-order valence-electron chi connectivity index (χ4n) is 2.42. The first kappa shape index (κ1) is 14.8. The van der Waals surface area contributed by atoms with Gasteiger partial charge >= 0.3 is 0 Å². The summed E-state index contributed by atoms with van der Waals surface area (Å²) in [6, 6.07) is 3.38. The van der Waals surface area contributed by atoms with Crippen LogP contribution in [-0.4, -0.2) is 32.9 Å². The molecule has 0 amide bonds. The lowest BCUT2D eigenvalue weighted by atomic mass is 10.1. The molecule has 2 rings (SSSR count). The number of halogens is 1. The van der Waals surface area contributed by atoms with Gasteiger partial charge in [-0.1, -0.05) is 11.6 Å². The standard InChI is InChI=1S/C13H19ClN2O2S/c1-10-11(9-15-2)7-12(14)8-13(10)19(17,18)16-5-3-4-6-16/h7-8,15H,3-6,9H2,1-2H3. The number of hydrogen-bond acceptors (Lipinski definition) is 3. The van der Waals surface area contributed by atoms with Gasteiger partial charge in [-0.3, -0.25) is 0 Å². The molecule has 0 saturated carbocycles. The number of nitrogens with zero attached hydrogens (tertiary/aromatic N) is 1. The Morgan fingerprint density at radius 1 is 1.32 bits per heavy atom. The summed E-state index contributed by atoms with van der Waals surface area (Å²) in [4.78, 5) is 0.340. The topological polar surface area (TPSA) is 49.4 Å². The van der Waals surface area contributed by atoms with Crippen LogP contribution in [0.15, 0.2) is 17.0 Å². The largest absolute Gasteiger partial charge is 0.316 e. The maximum absolute atomic E-state index is 12.6. The molecule has 19 heavy (non-hydrogen) atoms. The van der Waals surface area contributed by atoms with Crippen LogP contribution < -0.4 is 5.32 Å². The second kappa shape index (κ2) is 5.79. The second-order valence-electron chi connectivity index (χ2n) is 4.83. The van der Waals surface area contributed by atoms with Gasteiger partial charge in [0.25, 0.3) is 0 Å². The molecular weight excluding hydrogens is 284 g/mol. The van der Waals surface area contributed by atoms with Crippen molar-refractivity contribution in [1.82, 2.24) is 9.62 Å². The summed E-state index contributed by atoms with van der Waals surface area (Å²) in [5.41, 5.74) is 1.71. The number of sulfonamides is 1. The number of benzene rings is 1. The van der Waals surface area contributed by atoms with E-state index >= 15 is 0 Å². The van der Waals surface area contributed by atoms with Crippen molar-refractivity contribution in [1.29, 1.82) is 0 Å². The second-order valence-corrected chi connectivity index (χ2v) is 7.17. The van der Waals surface area contributed by atoms with Gasteiger partial charge < -0.3 is 5.32 Å². The minimum absolute atomic E-state index is 0.340. The highest BCUT2D eigenvalue weighted by Gasteiger charge is 2.29. The van der Waals surface area contributed by atoms with E-state index in [1.165, 1.54) is 0 Å². The molecule has 0 aliphatic carbocycles. The minimum Gasteiger partial charge on any atom is -0.316 e. The molecular formula is C13H19ClN2O2S. The zero-order chi connectivity index (χ0) is 14.0. The average molecular weight is 303 g/mol. The predicted molar refractivity (Wildman–Crippen MR) is 76.9 cm³/mol. The fourth-order valence-corrected chi connectivity index (χ4v) is 4.53. The molecule has 0 bridgehead atoms. The zero-order valence-electron chi connectivity index (χ0n) is 11.2. The molecule has 0 aromatic heterocycles. The Balaban J connectivity index is 2.49. The van der Waals surface area contributed by atoms with Crippen molar-refractivity contribution >= 4 is 21.6 Å². The van der Waals surface area contributed by atoms with Crippen molar-refractivity contribution in [3.63, 3.8) is 0 Å². The van der Waals surface area contributed by atoms with Crippen molar-refractivity contribution in [2.24, 2.45) is 0 Å². The lowest BCUT2D eigenvalue weighted by Crippen LogP contribution is -2.28. The first-order chi connectivity index (χ1) is 8.96. The summed E-state index contributed by atoms with van der Waals surface area (Å²) < 4.78 is 26.8. The third-order valence-corrected chi connectivity index (χ3v) is 5.73. The maximum Gasteiger partial charge on any atom is 0.243 e. The summed E-state index contributed by atoms with van der Waals surface area (Å²) in [7, 11) is -1.58. The first-order valence-electron chi connectivity index (χ1n) is 6.40. The van der Waals surface area contributed by atoms with E-state index in [9.17, 15) is 8.42 Å². The smallest absolute Gasteiger partial charge is 0.243 e. The highest BCUT2D eigenvalue weighted by Crippen LogP contribution is 2.28. The molecule has 0 radical (unpaired) electrons. The lowest BCUT2D eigenvalue weighted by Gasteiger charge is -2.19. The predicted octanol–water partition coefficient (Wildman–Crippen LogP) is 2.15. The molecule has 1 aromatic rings. The molecule has 106 valence electrons. The summed E-state index contributed by atoms with van der Waals surface area (Å²) in [5.74, 6) is 0. The summed E-state index contributed by atoms with van der Waals surface area (Å²) in [6.45, 7) is 3.66. The van der Waals surface area contributed by atoms with E-state index in [0.29, 0.717) is 29.6 Å². The highest BCUT2D eigenvalue weighted by molar-refractivity contribution is 7.89. The van der Waals surface area contributed by atoms with Crippen molar-refractivity contribution in [3.05, 3.63) is 28.3 Å². The third-order valence-electron chi connectivity index (χ3n) is 3.48. The Morgan fingerprint density at radius 2 is 1.95 bits per heavy atom. The van der Waals surface area contributed by atoms with Crippen LogP contribution in [0.25, 0.3) is 0 Å². The van der Waals surface area contributed by atoms with E-state index in [2.05, 4.69) is 5.32 Å². The van der Waals surface area contributed by atoms with Crippen LogP contribution in [0.1, 0.15) is 24.0 Å². The highest BCUT2D eigenvalue weighted by atomic mass is 35.5. The Kier molecular flexibility index (Phi) is 4.50. The van der Waals surface area contributed by atoms with E-state index < -0.39 is 10.0 Å². The van der Waals surface area contributed by atoms with E-state index in [1.54, 1.807) is 10.4 Å². The summed E-state index contributed by atoms with van der Waals surface area (Å²) >= 11 is 6.06. The summed E-state index contributed by atoms with van der Waals surface area (Å²) in [6.07, 6.45) is 1.87.